The molecule has 0 bridgehead atoms. The Morgan fingerprint density at radius 2 is 1.81 bits per heavy atom. The molecule has 9 nitrogen and oxygen atoms in total. The molecule has 0 aromatic rings. The van der Waals surface area contributed by atoms with Gasteiger partial charge in [-0.3, -0.25) is 14.4 Å². The molecule has 10 atom stereocenters. The fourth-order valence-electron chi connectivity index (χ4n) is 9.61. The molecule has 0 radical (unpaired) electrons. The van der Waals surface area contributed by atoms with Crippen LogP contribution in [0.4, 0.5) is 4.39 Å². The zero-order chi connectivity index (χ0) is 29.5. The van der Waals surface area contributed by atoms with E-state index in [9.17, 15) is 14.4 Å². The highest BCUT2D eigenvalue weighted by Crippen LogP contribution is 2.50. The predicted octanol–water partition coefficient (Wildman–Crippen LogP) is 2.45. The smallest absolute Gasteiger partial charge is 0.256 e. The number of Topliss-reactive ketones (excluding diaryl/α,β-unsaturated/α-hetero) is 1. The van der Waals surface area contributed by atoms with Crippen LogP contribution in [0.2, 0.25) is 0 Å². The fraction of sp³-hybridized carbons (Fsp3) is 0.848. The number of hydrogen-bond donors (Lipinski definition) is 3. The van der Waals surface area contributed by atoms with Crippen LogP contribution in [0.1, 0.15) is 83.5 Å². The maximum Gasteiger partial charge on any atom is 0.256 e. The molecule has 4 heterocycles. The molecule has 7 aliphatic rings. The Morgan fingerprint density at radius 1 is 1.02 bits per heavy atom. The SMILES string of the molecule is O=C(CCN1CCCC1)NC1C(F)CC2C(=O)C(C(=O)NCCC3CCCN3)=CN3C4CC5CCCCC5CC4OC1C23. The molecule has 238 valence electrons. The second-order valence-electron chi connectivity index (χ2n) is 14.4. The van der Waals surface area contributed by atoms with Crippen molar-refractivity contribution in [2.45, 2.75) is 126 Å². The Bertz CT molecular complexity index is 1090. The number of carbonyl (C=O) groups is 3. The summed E-state index contributed by atoms with van der Waals surface area (Å²) in [6, 6.07) is -0.705. The molecule has 0 spiro atoms. The van der Waals surface area contributed by atoms with E-state index < -0.39 is 24.2 Å². The number of likely N-dealkylation sites (tertiary alicyclic amines) is 1. The number of alkyl halides is 1. The molecule has 3 saturated heterocycles. The molecule has 3 N–H and O–H groups in total. The topological polar surface area (TPSA) is 103 Å². The van der Waals surface area contributed by atoms with Crippen molar-refractivity contribution in [2.24, 2.45) is 17.8 Å². The van der Waals surface area contributed by atoms with Gasteiger partial charge in [0.1, 0.15) is 12.3 Å². The number of nitrogens with zero attached hydrogens (tertiary/aromatic N) is 2. The van der Waals surface area contributed by atoms with Crippen LogP contribution in [-0.4, -0.2) is 103 Å². The number of fused-ring (bicyclic) bond motifs is 3. The molecule has 0 aromatic heterocycles. The Kier molecular flexibility index (Phi) is 8.80. The normalized spacial score (nSPS) is 40.7. The van der Waals surface area contributed by atoms with E-state index in [0.29, 0.717) is 37.4 Å². The van der Waals surface area contributed by atoms with E-state index in [-0.39, 0.29) is 47.8 Å². The first-order valence-electron chi connectivity index (χ1n) is 17.3. The van der Waals surface area contributed by atoms with Crippen LogP contribution in [0.25, 0.3) is 0 Å². The highest BCUT2D eigenvalue weighted by atomic mass is 19.1. The summed E-state index contributed by atoms with van der Waals surface area (Å²) in [5.74, 6) is -0.221. The van der Waals surface area contributed by atoms with Crippen LogP contribution in [-0.2, 0) is 19.1 Å². The summed E-state index contributed by atoms with van der Waals surface area (Å²) in [5.41, 5.74) is 0.158. The third kappa shape index (κ3) is 6.00. The average Bonchev–Trinajstić information content (AvgIpc) is 3.73. The fourth-order valence-corrected chi connectivity index (χ4v) is 9.61. The number of rotatable bonds is 8. The third-order valence-corrected chi connectivity index (χ3v) is 11.9. The maximum atomic E-state index is 16.1. The molecule has 43 heavy (non-hydrogen) atoms. The summed E-state index contributed by atoms with van der Waals surface area (Å²) in [5, 5.41) is 9.48. The predicted molar refractivity (Wildman–Crippen MR) is 160 cm³/mol. The molecule has 4 aliphatic heterocycles. The van der Waals surface area contributed by atoms with Crippen molar-refractivity contribution in [3.63, 3.8) is 0 Å². The Morgan fingerprint density at radius 3 is 2.58 bits per heavy atom. The maximum absolute atomic E-state index is 16.1. The van der Waals surface area contributed by atoms with Crippen molar-refractivity contribution in [2.75, 3.05) is 32.7 Å². The summed E-state index contributed by atoms with van der Waals surface area (Å²) >= 11 is 0. The van der Waals surface area contributed by atoms with Gasteiger partial charge in [0.05, 0.1) is 29.8 Å². The molecule has 3 saturated carbocycles. The Hall–Kier alpha value is -2.04. The van der Waals surface area contributed by atoms with Gasteiger partial charge in [-0.1, -0.05) is 25.7 Å². The lowest BCUT2D eigenvalue weighted by molar-refractivity contribution is -0.208. The van der Waals surface area contributed by atoms with Crippen molar-refractivity contribution in [1.29, 1.82) is 0 Å². The van der Waals surface area contributed by atoms with E-state index in [2.05, 4.69) is 25.8 Å². The number of carbonyl (C=O) groups excluding carboxylic acids is 3. The van der Waals surface area contributed by atoms with Crippen molar-refractivity contribution in [3.8, 4) is 0 Å². The second kappa shape index (κ2) is 12.8. The van der Waals surface area contributed by atoms with Crippen molar-refractivity contribution in [3.05, 3.63) is 11.8 Å². The molecule has 3 aliphatic carbocycles. The number of ketones is 1. The van der Waals surface area contributed by atoms with Crippen LogP contribution in [0.15, 0.2) is 11.8 Å². The molecule has 2 amide bonds. The summed E-state index contributed by atoms with van der Waals surface area (Å²) in [7, 11) is 0. The third-order valence-electron chi connectivity index (χ3n) is 11.9. The first kappa shape index (κ1) is 29.7. The van der Waals surface area contributed by atoms with Gasteiger partial charge in [0, 0.05) is 37.7 Å². The van der Waals surface area contributed by atoms with Gasteiger partial charge < -0.3 is 30.5 Å². The average molecular weight is 600 g/mol. The molecule has 0 aromatic carbocycles. The summed E-state index contributed by atoms with van der Waals surface area (Å²) < 4.78 is 22.9. The zero-order valence-electron chi connectivity index (χ0n) is 25.5. The first-order chi connectivity index (χ1) is 21.0. The van der Waals surface area contributed by atoms with Gasteiger partial charge in [0.15, 0.2) is 5.78 Å². The number of amides is 2. The largest absolute Gasteiger partial charge is 0.368 e. The van der Waals surface area contributed by atoms with Crippen LogP contribution in [0.5, 0.6) is 0 Å². The van der Waals surface area contributed by atoms with E-state index in [4.69, 9.17) is 4.74 Å². The van der Waals surface area contributed by atoms with Gasteiger partial charge in [-0.25, -0.2) is 4.39 Å². The Balaban J connectivity index is 1.12. The zero-order valence-corrected chi connectivity index (χ0v) is 25.5. The van der Waals surface area contributed by atoms with Gasteiger partial charge >= 0.3 is 0 Å². The monoisotopic (exact) mass is 599 g/mol. The van der Waals surface area contributed by atoms with Crippen LogP contribution in [0.3, 0.4) is 0 Å². The van der Waals surface area contributed by atoms with Gasteiger partial charge in [0.2, 0.25) is 5.91 Å². The Labute approximate surface area is 255 Å². The number of nitrogens with one attached hydrogen (secondary N) is 3. The van der Waals surface area contributed by atoms with Crippen LogP contribution < -0.4 is 16.0 Å². The van der Waals surface area contributed by atoms with Gasteiger partial charge in [-0.2, -0.15) is 0 Å². The first-order valence-corrected chi connectivity index (χ1v) is 17.3. The van der Waals surface area contributed by atoms with E-state index in [1.54, 1.807) is 6.20 Å². The highest BCUT2D eigenvalue weighted by molar-refractivity contribution is 6.20. The van der Waals surface area contributed by atoms with Crippen LogP contribution in [0, 0.1) is 17.8 Å². The van der Waals surface area contributed by atoms with Crippen molar-refractivity contribution >= 4 is 17.6 Å². The minimum atomic E-state index is -1.41. The van der Waals surface area contributed by atoms with Gasteiger partial charge in [-0.05, 0) is 82.8 Å². The number of hydrogen-bond acceptors (Lipinski definition) is 7. The van der Waals surface area contributed by atoms with Crippen molar-refractivity contribution in [1.82, 2.24) is 25.8 Å². The number of morpholine rings is 1. The van der Waals surface area contributed by atoms with E-state index >= 15 is 4.39 Å². The summed E-state index contributed by atoms with van der Waals surface area (Å²) in [4.78, 5) is 44.9. The second-order valence-corrected chi connectivity index (χ2v) is 14.4. The van der Waals surface area contributed by atoms with Gasteiger partial charge in [0.25, 0.3) is 5.91 Å². The summed E-state index contributed by atoms with van der Waals surface area (Å²) in [6.45, 7) is 4.23. The van der Waals surface area contributed by atoms with E-state index in [1.165, 1.54) is 25.7 Å². The molecular formula is C33H50FN5O4. The van der Waals surface area contributed by atoms with Gasteiger partial charge in [-0.15, -0.1) is 0 Å². The minimum Gasteiger partial charge on any atom is -0.368 e. The highest BCUT2D eigenvalue weighted by Gasteiger charge is 2.60. The molecule has 10 heteroatoms. The van der Waals surface area contributed by atoms with E-state index in [0.717, 1.165) is 64.6 Å². The van der Waals surface area contributed by atoms with Crippen molar-refractivity contribution < 1.29 is 23.5 Å². The quantitative estimate of drug-likeness (QED) is 0.369. The molecule has 7 rings (SSSR count). The van der Waals surface area contributed by atoms with E-state index in [1.807, 2.05) is 0 Å². The lowest BCUT2D eigenvalue weighted by Gasteiger charge is -2.60. The summed E-state index contributed by atoms with van der Waals surface area (Å²) in [6.07, 6.45) is 12.2. The number of ether oxygens (including phenoxy) is 1. The number of halogens is 1. The standard InChI is InChI=1S/C33H50FN5O4/c34-25-18-23-30-32(29(25)37-28(40)10-15-38-13-3-4-14-38)43-27-17-21-7-2-1-6-20(21)16-26(27)39(30)19-24(31(23)41)33(42)36-12-9-22-8-5-11-35-22/h19-23,25-27,29-30,32,35H,1-18H2,(H,36,42)(H,37,40). The molecule has 6 fully saturated rings. The van der Waals surface area contributed by atoms with Crippen LogP contribution >= 0.6 is 0 Å². The lowest BCUT2D eigenvalue weighted by Crippen LogP contribution is -2.73. The molecule has 10 unspecified atom stereocenters. The lowest BCUT2D eigenvalue weighted by atomic mass is 9.65. The molecular weight excluding hydrogens is 549 g/mol. The minimum absolute atomic E-state index is 0.00299.